The van der Waals surface area contributed by atoms with E-state index in [9.17, 15) is 4.79 Å². The maximum absolute atomic E-state index is 12.3. The SMILES string of the molecule is CCOc1c(Br)cc(C(=O)Nc2ccncc2)cc1OC. The minimum absolute atomic E-state index is 0.233. The molecule has 2 rings (SSSR count). The fourth-order valence-electron chi connectivity index (χ4n) is 1.77. The predicted molar refractivity (Wildman–Crippen MR) is 84.1 cm³/mol. The van der Waals surface area contributed by atoms with Crippen LogP contribution in [0.25, 0.3) is 0 Å². The summed E-state index contributed by atoms with van der Waals surface area (Å²) in [4.78, 5) is 16.2. The Morgan fingerprint density at radius 3 is 2.67 bits per heavy atom. The van der Waals surface area contributed by atoms with Crippen molar-refractivity contribution in [3.63, 3.8) is 0 Å². The van der Waals surface area contributed by atoms with Crippen molar-refractivity contribution in [2.45, 2.75) is 6.92 Å². The van der Waals surface area contributed by atoms with Crippen LogP contribution in [0.15, 0.2) is 41.1 Å². The largest absolute Gasteiger partial charge is 0.493 e. The smallest absolute Gasteiger partial charge is 0.255 e. The van der Waals surface area contributed by atoms with E-state index in [4.69, 9.17) is 9.47 Å². The Bertz CT molecular complexity index is 632. The first-order valence-electron chi connectivity index (χ1n) is 6.37. The second-order valence-electron chi connectivity index (χ2n) is 4.11. The monoisotopic (exact) mass is 350 g/mol. The molecule has 0 aliphatic rings. The number of anilines is 1. The Kier molecular flexibility index (Phi) is 5.16. The summed E-state index contributed by atoms with van der Waals surface area (Å²) in [5.41, 5.74) is 1.15. The lowest BCUT2D eigenvalue weighted by atomic mass is 10.2. The minimum atomic E-state index is -0.233. The van der Waals surface area contributed by atoms with E-state index in [-0.39, 0.29) is 5.91 Å². The molecule has 1 N–H and O–H groups in total. The molecular weight excluding hydrogens is 336 g/mol. The van der Waals surface area contributed by atoms with Crippen LogP contribution in [0.1, 0.15) is 17.3 Å². The normalized spacial score (nSPS) is 10.0. The van der Waals surface area contributed by atoms with Crippen LogP contribution >= 0.6 is 15.9 Å². The zero-order chi connectivity index (χ0) is 15.2. The maximum Gasteiger partial charge on any atom is 0.255 e. The van der Waals surface area contributed by atoms with Crippen LogP contribution in [0.3, 0.4) is 0 Å². The number of carbonyl (C=O) groups excluding carboxylic acids is 1. The molecule has 0 saturated carbocycles. The number of amides is 1. The Labute approximate surface area is 131 Å². The van der Waals surface area contributed by atoms with E-state index in [1.165, 1.54) is 7.11 Å². The van der Waals surface area contributed by atoms with E-state index >= 15 is 0 Å². The Morgan fingerprint density at radius 1 is 1.33 bits per heavy atom. The molecule has 0 radical (unpaired) electrons. The number of benzene rings is 1. The topological polar surface area (TPSA) is 60.5 Å². The molecule has 21 heavy (non-hydrogen) atoms. The van der Waals surface area contributed by atoms with Crippen molar-refractivity contribution in [1.82, 2.24) is 4.98 Å². The maximum atomic E-state index is 12.3. The average molecular weight is 351 g/mol. The van der Waals surface area contributed by atoms with Gasteiger partial charge in [-0.2, -0.15) is 0 Å². The number of rotatable bonds is 5. The average Bonchev–Trinajstić information content (AvgIpc) is 2.50. The molecule has 1 amide bonds. The number of methoxy groups -OCH3 is 1. The summed E-state index contributed by atoms with van der Waals surface area (Å²) in [7, 11) is 1.54. The van der Waals surface area contributed by atoms with Gasteiger partial charge in [0.15, 0.2) is 11.5 Å². The zero-order valence-electron chi connectivity index (χ0n) is 11.7. The molecule has 0 spiro atoms. The Hall–Kier alpha value is -2.08. The van der Waals surface area contributed by atoms with E-state index in [1.807, 2.05) is 6.92 Å². The molecular formula is C15H15BrN2O3. The van der Waals surface area contributed by atoms with Gasteiger partial charge < -0.3 is 14.8 Å². The molecule has 1 heterocycles. The fourth-order valence-corrected chi connectivity index (χ4v) is 2.33. The molecule has 2 aromatic rings. The summed E-state index contributed by atoms with van der Waals surface area (Å²) in [5.74, 6) is 0.856. The highest BCUT2D eigenvalue weighted by molar-refractivity contribution is 9.10. The van der Waals surface area contributed by atoms with Gasteiger partial charge in [0.2, 0.25) is 0 Å². The van der Waals surface area contributed by atoms with Gasteiger partial charge in [0.25, 0.3) is 5.91 Å². The van der Waals surface area contributed by atoms with Crippen LogP contribution in [-0.2, 0) is 0 Å². The van der Waals surface area contributed by atoms with E-state index in [0.29, 0.717) is 33.8 Å². The van der Waals surface area contributed by atoms with Crippen LogP contribution in [0.2, 0.25) is 0 Å². The third-order valence-corrected chi connectivity index (χ3v) is 3.31. The number of hydrogen-bond donors (Lipinski definition) is 1. The molecule has 0 fully saturated rings. The van der Waals surface area contributed by atoms with Gasteiger partial charge in [0, 0.05) is 23.6 Å². The van der Waals surface area contributed by atoms with Crippen LogP contribution < -0.4 is 14.8 Å². The molecule has 1 aromatic heterocycles. The fraction of sp³-hybridized carbons (Fsp3) is 0.200. The first kappa shape index (κ1) is 15.3. The van der Waals surface area contributed by atoms with Gasteiger partial charge in [-0.15, -0.1) is 0 Å². The lowest BCUT2D eigenvalue weighted by molar-refractivity contribution is 0.102. The standard InChI is InChI=1S/C15H15BrN2O3/c1-3-21-14-12(16)8-10(9-13(14)20-2)15(19)18-11-4-6-17-7-5-11/h4-9H,3H2,1-2H3,(H,17,18,19). The third-order valence-electron chi connectivity index (χ3n) is 2.72. The number of ether oxygens (including phenoxy) is 2. The number of carbonyl (C=O) groups is 1. The highest BCUT2D eigenvalue weighted by Gasteiger charge is 2.15. The molecule has 0 unspecified atom stereocenters. The molecule has 110 valence electrons. The summed E-state index contributed by atoms with van der Waals surface area (Å²) in [6, 6.07) is 6.79. The summed E-state index contributed by atoms with van der Waals surface area (Å²) < 4.78 is 11.4. The first-order valence-corrected chi connectivity index (χ1v) is 7.16. The van der Waals surface area contributed by atoms with Crippen molar-refractivity contribution in [3.05, 3.63) is 46.7 Å². The van der Waals surface area contributed by atoms with Crippen molar-refractivity contribution < 1.29 is 14.3 Å². The summed E-state index contributed by atoms with van der Waals surface area (Å²) >= 11 is 3.40. The summed E-state index contributed by atoms with van der Waals surface area (Å²) in [6.45, 7) is 2.40. The van der Waals surface area contributed by atoms with Gasteiger partial charge in [-0.1, -0.05) is 0 Å². The number of pyridine rings is 1. The van der Waals surface area contributed by atoms with Crippen molar-refractivity contribution in [2.24, 2.45) is 0 Å². The van der Waals surface area contributed by atoms with Gasteiger partial charge in [0.05, 0.1) is 18.2 Å². The van der Waals surface area contributed by atoms with Gasteiger partial charge in [-0.3, -0.25) is 9.78 Å². The molecule has 0 atom stereocenters. The second kappa shape index (κ2) is 7.08. The van der Waals surface area contributed by atoms with Gasteiger partial charge >= 0.3 is 0 Å². The van der Waals surface area contributed by atoms with Crippen molar-refractivity contribution in [1.29, 1.82) is 0 Å². The van der Waals surface area contributed by atoms with Crippen LogP contribution in [0.4, 0.5) is 5.69 Å². The highest BCUT2D eigenvalue weighted by atomic mass is 79.9. The quantitative estimate of drug-likeness (QED) is 0.896. The molecule has 0 bridgehead atoms. The lowest BCUT2D eigenvalue weighted by Gasteiger charge is -2.13. The molecule has 6 heteroatoms. The Morgan fingerprint density at radius 2 is 2.05 bits per heavy atom. The van der Waals surface area contributed by atoms with Crippen LogP contribution in [0.5, 0.6) is 11.5 Å². The molecule has 0 aliphatic carbocycles. The minimum Gasteiger partial charge on any atom is -0.493 e. The third kappa shape index (κ3) is 3.72. The lowest BCUT2D eigenvalue weighted by Crippen LogP contribution is -2.12. The van der Waals surface area contributed by atoms with Gasteiger partial charge in [-0.05, 0) is 47.1 Å². The van der Waals surface area contributed by atoms with Gasteiger partial charge in [-0.25, -0.2) is 0 Å². The molecule has 0 aliphatic heterocycles. The van der Waals surface area contributed by atoms with E-state index in [1.54, 1.807) is 36.7 Å². The number of halogens is 1. The molecule has 5 nitrogen and oxygen atoms in total. The molecule has 0 saturated heterocycles. The first-order chi connectivity index (χ1) is 10.2. The highest BCUT2D eigenvalue weighted by Crippen LogP contribution is 2.36. The molecule has 1 aromatic carbocycles. The van der Waals surface area contributed by atoms with Crippen molar-refractivity contribution in [2.75, 3.05) is 19.0 Å². The van der Waals surface area contributed by atoms with E-state index < -0.39 is 0 Å². The zero-order valence-corrected chi connectivity index (χ0v) is 13.3. The number of hydrogen-bond acceptors (Lipinski definition) is 4. The van der Waals surface area contributed by atoms with Gasteiger partial charge in [0.1, 0.15) is 0 Å². The van der Waals surface area contributed by atoms with E-state index in [0.717, 1.165) is 0 Å². The second-order valence-corrected chi connectivity index (χ2v) is 4.97. The van der Waals surface area contributed by atoms with Crippen LogP contribution in [0, 0.1) is 0 Å². The predicted octanol–water partition coefficient (Wildman–Crippen LogP) is 3.50. The van der Waals surface area contributed by atoms with E-state index in [2.05, 4.69) is 26.2 Å². The van der Waals surface area contributed by atoms with Crippen molar-refractivity contribution >= 4 is 27.5 Å². The van der Waals surface area contributed by atoms with Crippen molar-refractivity contribution in [3.8, 4) is 11.5 Å². The summed E-state index contributed by atoms with van der Waals surface area (Å²) in [5, 5.41) is 2.79. The van der Waals surface area contributed by atoms with Crippen LogP contribution in [-0.4, -0.2) is 24.6 Å². The Balaban J connectivity index is 2.27. The number of aromatic nitrogens is 1. The summed E-state index contributed by atoms with van der Waals surface area (Å²) in [6.07, 6.45) is 3.23. The number of nitrogens with zero attached hydrogens (tertiary/aromatic N) is 1. The number of nitrogens with one attached hydrogen (secondary N) is 1.